The van der Waals surface area contributed by atoms with Crippen LogP contribution >= 0.6 is 0 Å². The third kappa shape index (κ3) is 4.07. The van der Waals surface area contributed by atoms with Gasteiger partial charge in [0, 0.05) is 34.3 Å². The molecule has 0 saturated heterocycles. The van der Waals surface area contributed by atoms with Crippen molar-refractivity contribution in [2.45, 2.75) is 20.4 Å². The molecule has 0 saturated carbocycles. The van der Waals surface area contributed by atoms with Crippen LogP contribution in [0.15, 0.2) is 63.9 Å². The highest BCUT2D eigenvalue weighted by atomic mass is 16.5. The second-order valence-corrected chi connectivity index (χ2v) is 7.42. The Kier molecular flexibility index (Phi) is 5.33. The first-order valence-electron chi connectivity index (χ1n) is 9.89. The van der Waals surface area contributed by atoms with E-state index in [9.17, 15) is 4.79 Å². The maximum atomic E-state index is 11.5. The van der Waals surface area contributed by atoms with Crippen LogP contribution in [0.4, 0.5) is 0 Å². The zero-order chi connectivity index (χ0) is 22.1. The van der Waals surface area contributed by atoms with Gasteiger partial charge >= 0.3 is 0 Å². The fourth-order valence-electron chi connectivity index (χ4n) is 3.58. The number of aliphatic imine (C=N–C) groups is 1. The molecule has 3 aromatic carbocycles. The molecule has 3 aromatic rings. The number of hydrogen-bond acceptors (Lipinski definition) is 7. The van der Waals surface area contributed by atoms with Crippen molar-refractivity contribution in [2.24, 2.45) is 4.99 Å². The summed E-state index contributed by atoms with van der Waals surface area (Å²) in [6.45, 7) is 4.20. The lowest BCUT2D eigenvalue weighted by Gasteiger charge is -2.21. The molecular weight excluding hydrogens is 392 g/mol. The van der Waals surface area contributed by atoms with E-state index in [0.717, 1.165) is 33.4 Å². The van der Waals surface area contributed by atoms with Crippen LogP contribution in [0.25, 0.3) is 16.3 Å². The number of allylic oxidation sites excluding steroid dienone is 2. The first kappa shape index (κ1) is 20.4. The van der Waals surface area contributed by atoms with Crippen LogP contribution < -0.4 is 25.5 Å². The van der Waals surface area contributed by atoms with E-state index in [0.29, 0.717) is 35.1 Å². The molecule has 1 aliphatic heterocycles. The average Bonchev–Trinajstić information content (AvgIpc) is 3.40. The molecule has 0 aromatic heterocycles. The Hall–Kier alpha value is -3.87. The van der Waals surface area contributed by atoms with E-state index in [1.165, 1.54) is 0 Å². The number of hydrogen-bond donors (Lipinski definition) is 3. The molecule has 0 spiro atoms. The molecule has 7 heteroatoms. The smallest absolute Gasteiger partial charge is 0.194 e. The number of nitrogens with zero attached hydrogens (tertiary/aromatic N) is 1. The van der Waals surface area contributed by atoms with Gasteiger partial charge in [-0.3, -0.25) is 4.79 Å². The number of fused-ring (bicyclic) bond motifs is 1. The van der Waals surface area contributed by atoms with Gasteiger partial charge in [0.1, 0.15) is 11.6 Å². The van der Waals surface area contributed by atoms with Crippen LogP contribution in [-0.2, 0) is 6.54 Å². The van der Waals surface area contributed by atoms with Crippen LogP contribution in [0.3, 0.4) is 0 Å². The number of ether oxygens (including phenoxy) is 2. The van der Waals surface area contributed by atoms with Crippen molar-refractivity contribution in [3.05, 3.63) is 75.5 Å². The highest BCUT2D eigenvalue weighted by molar-refractivity contribution is 6.22. The van der Waals surface area contributed by atoms with Crippen LogP contribution in [0.1, 0.15) is 25.0 Å². The van der Waals surface area contributed by atoms with Gasteiger partial charge in [0.15, 0.2) is 16.9 Å². The van der Waals surface area contributed by atoms with E-state index in [1.54, 1.807) is 21.1 Å². The van der Waals surface area contributed by atoms with Gasteiger partial charge in [0.05, 0.1) is 14.2 Å². The van der Waals surface area contributed by atoms with Gasteiger partial charge in [0.2, 0.25) is 0 Å². The van der Waals surface area contributed by atoms with Crippen molar-refractivity contribution >= 4 is 27.8 Å². The summed E-state index contributed by atoms with van der Waals surface area (Å²) >= 11 is 0. The lowest BCUT2D eigenvalue weighted by Crippen LogP contribution is -2.30. The minimum Gasteiger partial charge on any atom is -0.493 e. The summed E-state index contributed by atoms with van der Waals surface area (Å²) in [5.41, 5.74) is 3.82. The first-order chi connectivity index (χ1) is 14.9. The molecule has 0 radical (unpaired) electrons. The van der Waals surface area contributed by atoms with Gasteiger partial charge in [0.25, 0.3) is 0 Å². The Morgan fingerprint density at radius 3 is 2.55 bits per heavy atom. The first-order valence-corrected chi connectivity index (χ1v) is 9.89. The van der Waals surface area contributed by atoms with Gasteiger partial charge in [-0.2, -0.15) is 0 Å². The fourth-order valence-corrected chi connectivity index (χ4v) is 3.58. The summed E-state index contributed by atoms with van der Waals surface area (Å²) < 4.78 is 10.7. The Balaban J connectivity index is 1.61. The third-order valence-electron chi connectivity index (χ3n) is 5.17. The molecule has 7 nitrogen and oxygen atoms in total. The number of nitrogens with one attached hydrogen (secondary N) is 3. The summed E-state index contributed by atoms with van der Waals surface area (Å²) in [6.07, 6.45) is 1.91. The van der Waals surface area contributed by atoms with Crippen molar-refractivity contribution in [2.75, 3.05) is 14.2 Å². The van der Waals surface area contributed by atoms with E-state index < -0.39 is 0 Å². The van der Waals surface area contributed by atoms with E-state index >= 15 is 0 Å². The Bertz CT molecular complexity index is 1290. The summed E-state index contributed by atoms with van der Waals surface area (Å²) in [4.78, 5) is 16.2. The Labute approximate surface area is 180 Å². The van der Waals surface area contributed by atoms with Crippen molar-refractivity contribution in [1.29, 1.82) is 5.41 Å². The van der Waals surface area contributed by atoms with Crippen LogP contribution in [0, 0.1) is 5.41 Å². The molecule has 0 bridgehead atoms. The SMILES string of the molecule is COc1ccc(/C(C(C)=N)=C2\N=C(C)C=C(NCc3ccc4c(=O)c4c3)N2)cc1OC. The molecule has 31 heavy (non-hydrogen) atoms. The van der Waals surface area contributed by atoms with Crippen LogP contribution in [-0.4, -0.2) is 25.6 Å². The summed E-state index contributed by atoms with van der Waals surface area (Å²) in [7, 11) is 3.17. The van der Waals surface area contributed by atoms with E-state index in [-0.39, 0.29) is 5.43 Å². The van der Waals surface area contributed by atoms with Gasteiger partial charge in [-0.15, -0.1) is 0 Å². The second kappa shape index (κ2) is 8.10. The van der Waals surface area contributed by atoms with Crippen molar-refractivity contribution < 1.29 is 9.47 Å². The fraction of sp³-hybridized carbons (Fsp3) is 0.208. The van der Waals surface area contributed by atoms with E-state index in [4.69, 9.17) is 14.9 Å². The monoisotopic (exact) mass is 416 g/mol. The lowest BCUT2D eigenvalue weighted by atomic mass is 10.0. The quantitative estimate of drug-likeness (QED) is 0.513. The zero-order valence-corrected chi connectivity index (χ0v) is 17.9. The summed E-state index contributed by atoms with van der Waals surface area (Å²) in [6, 6.07) is 11.3. The zero-order valence-electron chi connectivity index (χ0n) is 17.9. The molecule has 0 aliphatic carbocycles. The molecule has 0 atom stereocenters. The molecule has 4 rings (SSSR count). The van der Waals surface area contributed by atoms with Gasteiger partial charge in [-0.25, -0.2) is 4.99 Å². The van der Waals surface area contributed by atoms with Gasteiger partial charge in [-0.1, -0.05) is 12.1 Å². The summed E-state index contributed by atoms with van der Waals surface area (Å²) in [5, 5.41) is 16.6. The molecule has 0 fully saturated rings. The summed E-state index contributed by atoms with van der Waals surface area (Å²) in [5.74, 6) is 2.57. The number of rotatable bonds is 7. The van der Waals surface area contributed by atoms with Crippen LogP contribution in [0.5, 0.6) is 11.5 Å². The second-order valence-electron chi connectivity index (χ2n) is 7.42. The lowest BCUT2D eigenvalue weighted by molar-refractivity contribution is 0.355. The van der Waals surface area contributed by atoms with Crippen molar-refractivity contribution in [3.8, 4) is 11.5 Å². The highest BCUT2D eigenvalue weighted by Crippen LogP contribution is 2.32. The minimum atomic E-state index is 0.135. The minimum absolute atomic E-state index is 0.135. The predicted octanol–water partition coefficient (Wildman–Crippen LogP) is 3.50. The normalized spacial score (nSPS) is 15.2. The topological polar surface area (TPSA) is 95.8 Å². The number of methoxy groups -OCH3 is 2. The standard InChI is InChI=1S/C24H24N4O3/c1-13-9-21(26-12-15-5-7-17-18(10-15)23(17)29)28-24(27-13)22(14(2)25)16-6-8-19(30-3)20(11-16)31-4/h5-11,25-26,28H,12H2,1-4H3/b24-22+,25-14?. The van der Waals surface area contributed by atoms with Crippen LogP contribution in [0.2, 0.25) is 0 Å². The molecule has 158 valence electrons. The highest BCUT2D eigenvalue weighted by Gasteiger charge is 2.18. The molecule has 3 N–H and O–H groups in total. The maximum Gasteiger partial charge on any atom is 0.194 e. The number of benzene rings is 2. The maximum absolute atomic E-state index is 11.5. The average molecular weight is 416 g/mol. The van der Waals surface area contributed by atoms with E-state index in [2.05, 4.69) is 15.6 Å². The molecule has 1 heterocycles. The van der Waals surface area contributed by atoms with Gasteiger partial charge < -0.3 is 25.5 Å². The van der Waals surface area contributed by atoms with Crippen molar-refractivity contribution in [1.82, 2.24) is 10.6 Å². The van der Waals surface area contributed by atoms with Gasteiger partial charge in [-0.05, 0) is 55.3 Å². The Morgan fingerprint density at radius 1 is 1.10 bits per heavy atom. The molecule has 0 unspecified atom stereocenters. The molecule has 1 aliphatic rings. The van der Waals surface area contributed by atoms with Crippen molar-refractivity contribution in [3.63, 3.8) is 0 Å². The predicted molar refractivity (Wildman–Crippen MR) is 124 cm³/mol. The van der Waals surface area contributed by atoms with E-state index in [1.807, 2.05) is 49.4 Å². The Morgan fingerprint density at radius 2 is 1.87 bits per heavy atom. The largest absolute Gasteiger partial charge is 0.493 e. The molecular formula is C24H24N4O3. The molecule has 0 amide bonds. The third-order valence-corrected chi connectivity index (χ3v) is 5.17.